The highest BCUT2D eigenvalue weighted by molar-refractivity contribution is 5.63. The highest BCUT2D eigenvalue weighted by Gasteiger charge is 2.49. The third-order valence-electron chi connectivity index (χ3n) is 5.47. The van der Waals surface area contributed by atoms with Crippen molar-refractivity contribution in [2.45, 2.75) is 24.3 Å². The molecule has 2 bridgehead atoms. The highest BCUT2D eigenvalue weighted by Crippen LogP contribution is 2.57. The molecule has 1 saturated carbocycles. The van der Waals surface area contributed by atoms with E-state index >= 15 is 0 Å². The molecule has 0 saturated heterocycles. The maximum Gasteiger partial charge on any atom is 0.0378 e. The van der Waals surface area contributed by atoms with Gasteiger partial charge in [0.2, 0.25) is 0 Å². The maximum absolute atomic E-state index is 3.78. The largest absolute Gasteiger partial charge is 0.384 e. The van der Waals surface area contributed by atoms with Crippen molar-refractivity contribution in [3.63, 3.8) is 0 Å². The normalized spacial score (nSPS) is 32.4. The van der Waals surface area contributed by atoms with Gasteiger partial charge in [0, 0.05) is 29.9 Å². The summed E-state index contributed by atoms with van der Waals surface area (Å²) in [6.07, 6.45) is 1.28. The van der Waals surface area contributed by atoms with Crippen LogP contribution in [0.3, 0.4) is 0 Å². The molecule has 2 nitrogen and oxygen atoms in total. The number of benzene rings is 2. The summed E-state index contributed by atoms with van der Waals surface area (Å²) in [6, 6.07) is 18.4. The Balaban J connectivity index is 1.69. The van der Waals surface area contributed by atoms with Crippen molar-refractivity contribution in [1.29, 1.82) is 0 Å². The van der Waals surface area contributed by atoms with Gasteiger partial charge in [0.1, 0.15) is 0 Å². The molecule has 5 rings (SSSR count). The molecule has 1 fully saturated rings. The molecule has 20 heavy (non-hydrogen) atoms. The van der Waals surface area contributed by atoms with Crippen molar-refractivity contribution in [2.75, 3.05) is 17.2 Å². The van der Waals surface area contributed by atoms with E-state index in [0.717, 1.165) is 6.54 Å². The number of rotatable bonds is 0. The van der Waals surface area contributed by atoms with Crippen LogP contribution in [0.25, 0.3) is 0 Å². The van der Waals surface area contributed by atoms with Crippen LogP contribution in [-0.2, 0) is 0 Å². The third kappa shape index (κ3) is 1.29. The van der Waals surface area contributed by atoms with Crippen LogP contribution in [0.15, 0.2) is 48.5 Å². The van der Waals surface area contributed by atoms with Gasteiger partial charge in [-0.3, -0.25) is 0 Å². The van der Waals surface area contributed by atoms with Crippen LogP contribution in [0.2, 0.25) is 0 Å². The van der Waals surface area contributed by atoms with E-state index in [9.17, 15) is 0 Å². The number of hydrogen-bond acceptors (Lipinski definition) is 2. The number of nitrogens with one attached hydrogen (secondary N) is 2. The molecule has 2 heteroatoms. The van der Waals surface area contributed by atoms with Gasteiger partial charge in [-0.05, 0) is 41.5 Å². The summed E-state index contributed by atoms with van der Waals surface area (Å²) in [4.78, 5) is 0. The van der Waals surface area contributed by atoms with Gasteiger partial charge in [0.15, 0.2) is 0 Å². The van der Waals surface area contributed by atoms with Crippen molar-refractivity contribution < 1.29 is 0 Å². The lowest BCUT2D eigenvalue weighted by Gasteiger charge is -2.32. The Hall–Kier alpha value is -1.96. The molecule has 2 aromatic rings. The standard InChI is InChI=1S/C18H18N2/c1-4-8-16-11(5-1)13-9-17(20-16)14-10-19-15-7-3-2-6-12(15)18(13)14/h1-8,13-14,17-20H,9-10H2/t13-,14+,17-,18-/m0/s1. The lowest BCUT2D eigenvalue weighted by molar-refractivity contribution is 0.459. The van der Waals surface area contributed by atoms with Crippen LogP contribution < -0.4 is 10.6 Å². The third-order valence-corrected chi connectivity index (χ3v) is 5.47. The minimum atomic E-state index is 0.626. The lowest BCUT2D eigenvalue weighted by atomic mass is 9.77. The van der Waals surface area contributed by atoms with Crippen molar-refractivity contribution in [2.24, 2.45) is 5.92 Å². The molecule has 2 aromatic carbocycles. The predicted molar refractivity (Wildman–Crippen MR) is 82.4 cm³/mol. The molecule has 0 unspecified atom stereocenters. The van der Waals surface area contributed by atoms with Gasteiger partial charge in [-0.2, -0.15) is 0 Å². The first-order chi connectivity index (χ1) is 9.92. The average Bonchev–Trinajstić information content (AvgIpc) is 2.82. The number of fused-ring (bicyclic) bond motifs is 9. The van der Waals surface area contributed by atoms with Crippen LogP contribution in [0.5, 0.6) is 0 Å². The van der Waals surface area contributed by atoms with E-state index in [4.69, 9.17) is 0 Å². The van der Waals surface area contributed by atoms with Crippen LogP contribution in [0.4, 0.5) is 11.4 Å². The van der Waals surface area contributed by atoms with Gasteiger partial charge in [-0.15, -0.1) is 0 Å². The topological polar surface area (TPSA) is 24.1 Å². The van der Waals surface area contributed by atoms with E-state index < -0.39 is 0 Å². The smallest absolute Gasteiger partial charge is 0.0378 e. The minimum Gasteiger partial charge on any atom is -0.384 e. The predicted octanol–water partition coefficient (Wildman–Crippen LogP) is 3.79. The zero-order valence-corrected chi connectivity index (χ0v) is 11.3. The molecule has 2 aliphatic heterocycles. The van der Waals surface area contributed by atoms with Crippen molar-refractivity contribution in [3.05, 3.63) is 59.7 Å². The van der Waals surface area contributed by atoms with E-state index in [0.29, 0.717) is 23.8 Å². The minimum absolute atomic E-state index is 0.626. The second-order valence-electron chi connectivity index (χ2n) is 6.34. The van der Waals surface area contributed by atoms with Gasteiger partial charge in [0.25, 0.3) is 0 Å². The van der Waals surface area contributed by atoms with Crippen LogP contribution in [0.1, 0.15) is 29.4 Å². The second kappa shape index (κ2) is 3.78. The van der Waals surface area contributed by atoms with E-state index in [-0.39, 0.29) is 0 Å². The van der Waals surface area contributed by atoms with E-state index in [1.54, 1.807) is 0 Å². The number of para-hydroxylation sites is 2. The fourth-order valence-corrected chi connectivity index (χ4v) is 4.67. The van der Waals surface area contributed by atoms with E-state index in [2.05, 4.69) is 59.2 Å². The summed E-state index contributed by atoms with van der Waals surface area (Å²) in [5, 5.41) is 7.41. The van der Waals surface area contributed by atoms with Crippen molar-refractivity contribution in [3.8, 4) is 0 Å². The Labute approximate surface area is 119 Å². The van der Waals surface area contributed by atoms with E-state index in [1.165, 1.54) is 28.9 Å². The molecule has 4 atom stereocenters. The SMILES string of the molecule is c1ccc2c(c1)NC[C@H]1[C@@H]2[C@H]2C[C@@H]1Nc1ccccc12. The molecule has 100 valence electrons. The summed E-state index contributed by atoms with van der Waals surface area (Å²) in [6.45, 7) is 1.10. The first kappa shape index (κ1) is 10.8. The summed E-state index contributed by atoms with van der Waals surface area (Å²) >= 11 is 0. The molecule has 2 N–H and O–H groups in total. The monoisotopic (exact) mass is 262 g/mol. The number of anilines is 2. The van der Waals surface area contributed by atoms with E-state index in [1.807, 2.05) is 0 Å². The Bertz CT molecular complexity index is 679. The molecule has 0 spiro atoms. The molecule has 0 radical (unpaired) electrons. The molecular weight excluding hydrogens is 244 g/mol. The Kier molecular flexibility index (Phi) is 2.04. The van der Waals surface area contributed by atoms with Crippen LogP contribution >= 0.6 is 0 Å². The molecule has 1 aliphatic carbocycles. The molecule has 0 amide bonds. The fourth-order valence-electron chi connectivity index (χ4n) is 4.67. The summed E-state index contributed by atoms with van der Waals surface area (Å²) in [5.41, 5.74) is 5.75. The Morgan fingerprint density at radius 2 is 1.60 bits per heavy atom. The highest BCUT2D eigenvalue weighted by atomic mass is 15.0. The fraction of sp³-hybridized carbons (Fsp3) is 0.333. The Morgan fingerprint density at radius 3 is 2.50 bits per heavy atom. The number of hydrogen-bond donors (Lipinski definition) is 2. The van der Waals surface area contributed by atoms with Crippen LogP contribution in [-0.4, -0.2) is 12.6 Å². The quantitative estimate of drug-likeness (QED) is 0.754. The Morgan fingerprint density at radius 1 is 0.850 bits per heavy atom. The molecule has 0 aromatic heterocycles. The van der Waals surface area contributed by atoms with Gasteiger partial charge < -0.3 is 10.6 Å². The molecular formula is C18H18N2. The summed E-state index contributed by atoms with van der Waals surface area (Å²) in [5.74, 6) is 2.07. The first-order valence-corrected chi connectivity index (χ1v) is 7.60. The zero-order valence-electron chi connectivity index (χ0n) is 11.3. The van der Waals surface area contributed by atoms with Crippen LogP contribution in [0, 0.1) is 5.92 Å². The average molecular weight is 262 g/mol. The van der Waals surface area contributed by atoms with Gasteiger partial charge >= 0.3 is 0 Å². The second-order valence-corrected chi connectivity index (χ2v) is 6.34. The molecule has 3 aliphatic rings. The maximum atomic E-state index is 3.78. The zero-order chi connectivity index (χ0) is 13.1. The van der Waals surface area contributed by atoms with Gasteiger partial charge in [0.05, 0.1) is 0 Å². The van der Waals surface area contributed by atoms with Gasteiger partial charge in [-0.1, -0.05) is 36.4 Å². The van der Waals surface area contributed by atoms with Crippen molar-refractivity contribution >= 4 is 11.4 Å². The first-order valence-electron chi connectivity index (χ1n) is 7.60. The van der Waals surface area contributed by atoms with Gasteiger partial charge in [-0.25, -0.2) is 0 Å². The summed E-state index contributed by atoms with van der Waals surface area (Å²) < 4.78 is 0. The lowest BCUT2D eigenvalue weighted by Crippen LogP contribution is -2.34. The summed E-state index contributed by atoms with van der Waals surface area (Å²) in [7, 11) is 0. The van der Waals surface area contributed by atoms with Crippen molar-refractivity contribution in [1.82, 2.24) is 0 Å². The molecule has 2 heterocycles.